The molecule has 7 heteroatoms. The summed E-state index contributed by atoms with van der Waals surface area (Å²) in [4.78, 5) is 22.8. The minimum atomic E-state index is -0.515. The summed E-state index contributed by atoms with van der Waals surface area (Å²) in [5, 5.41) is 0. The van der Waals surface area contributed by atoms with E-state index in [4.69, 9.17) is 15.2 Å². The second-order valence-electron chi connectivity index (χ2n) is 7.18. The van der Waals surface area contributed by atoms with E-state index in [9.17, 15) is 4.79 Å². The summed E-state index contributed by atoms with van der Waals surface area (Å²) in [7, 11) is 0. The van der Waals surface area contributed by atoms with Crippen LogP contribution >= 0.6 is 0 Å². The smallest absolute Gasteiger partial charge is 0.410 e. The first-order valence-electron chi connectivity index (χ1n) is 8.48. The number of fused-ring (bicyclic) bond motifs is 1. The molecule has 2 heterocycles. The first-order valence-corrected chi connectivity index (χ1v) is 8.48. The third-order valence-electron chi connectivity index (χ3n) is 3.98. The second-order valence-corrected chi connectivity index (χ2v) is 7.18. The zero-order valence-corrected chi connectivity index (χ0v) is 14.9. The number of nitrogens with zero attached hydrogens (tertiary/aromatic N) is 3. The molecule has 0 unspecified atom stereocenters. The van der Waals surface area contributed by atoms with Gasteiger partial charge in [-0.25, -0.2) is 14.8 Å². The van der Waals surface area contributed by atoms with Crippen molar-refractivity contribution >= 4 is 22.9 Å². The van der Waals surface area contributed by atoms with Gasteiger partial charge < -0.3 is 20.1 Å². The maximum atomic E-state index is 12.3. The lowest BCUT2D eigenvalue weighted by Gasteiger charge is -2.28. The zero-order chi connectivity index (χ0) is 18.0. The molecule has 7 nitrogen and oxygen atoms in total. The van der Waals surface area contributed by atoms with Gasteiger partial charge in [0.15, 0.2) is 5.82 Å². The number of hydrogen-bond donors (Lipinski definition) is 1. The van der Waals surface area contributed by atoms with Crippen molar-refractivity contribution in [3.8, 4) is 5.88 Å². The van der Waals surface area contributed by atoms with Crippen LogP contribution in [0.3, 0.4) is 0 Å². The van der Waals surface area contributed by atoms with Gasteiger partial charge in [0.05, 0.1) is 17.1 Å². The highest BCUT2D eigenvalue weighted by Gasteiger charge is 2.32. The van der Waals surface area contributed by atoms with E-state index < -0.39 is 5.60 Å². The third kappa shape index (κ3) is 4.10. The molecular weight excluding hydrogens is 320 g/mol. The lowest BCUT2D eigenvalue weighted by Crippen LogP contribution is -2.42. The van der Waals surface area contributed by atoms with Crippen LogP contribution in [0.15, 0.2) is 24.3 Å². The lowest BCUT2D eigenvalue weighted by atomic mass is 10.2. The van der Waals surface area contributed by atoms with Crippen LogP contribution in [-0.2, 0) is 4.74 Å². The Bertz CT molecular complexity index is 772. The molecule has 1 saturated heterocycles. The van der Waals surface area contributed by atoms with Crippen molar-refractivity contribution in [1.82, 2.24) is 14.9 Å². The molecule has 1 aromatic heterocycles. The van der Waals surface area contributed by atoms with Crippen LogP contribution in [0.5, 0.6) is 5.88 Å². The van der Waals surface area contributed by atoms with Crippen LogP contribution in [0.2, 0.25) is 0 Å². The van der Waals surface area contributed by atoms with Gasteiger partial charge in [0, 0.05) is 6.54 Å². The fraction of sp³-hybridized carbons (Fsp3) is 0.500. The number of hydrogen-bond acceptors (Lipinski definition) is 6. The molecule has 134 valence electrons. The summed E-state index contributed by atoms with van der Waals surface area (Å²) in [6.07, 6.45) is 1.47. The molecule has 25 heavy (non-hydrogen) atoms. The minimum absolute atomic E-state index is 0.0532. The maximum Gasteiger partial charge on any atom is 0.410 e. The van der Waals surface area contributed by atoms with E-state index in [-0.39, 0.29) is 18.0 Å². The highest BCUT2D eigenvalue weighted by atomic mass is 16.6. The molecule has 0 spiro atoms. The molecule has 2 aromatic rings. The Kier molecular flexibility index (Phi) is 4.65. The van der Waals surface area contributed by atoms with Gasteiger partial charge >= 0.3 is 6.09 Å². The quantitative estimate of drug-likeness (QED) is 0.920. The van der Waals surface area contributed by atoms with Gasteiger partial charge in [-0.2, -0.15) is 0 Å². The Labute approximate surface area is 147 Å². The van der Waals surface area contributed by atoms with Gasteiger partial charge in [-0.1, -0.05) is 12.1 Å². The highest BCUT2D eigenvalue weighted by molar-refractivity contribution is 5.76. The van der Waals surface area contributed by atoms with Gasteiger partial charge in [-0.3, -0.25) is 0 Å². The van der Waals surface area contributed by atoms with E-state index in [1.807, 2.05) is 45.0 Å². The average molecular weight is 344 g/mol. The molecule has 1 aromatic carbocycles. The number of amides is 1. The van der Waals surface area contributed by atoms with Crippen molar-refractivity contribution in [3.05, 3.63) is 24.3 Å². The summed E-state index contributed by atoms with van der Waals surface area (Å²) in [6, 6.07) is 7.43. The number of nitrogens with two attached hydrogens (primary N) is 1. The Morgan fingerprint density at radius 1 is 1.28 bits per heavy atom. The number of anilines is 1. The number of nitrogen functional groups attached to an aromatic ring is 1. The number of carbonyl (C=O) groups excluding carboxylic acids is 1. The van der Waals surface area contributed by atoms with E-state index in [2.05, 4.69) is 9.97 Å². The van der Waals surface area contributed by atoms with Crippen LogP contribution in [0.1, 0.15) is 33.6 Å². The Balaban J connectivity index is 1.68. The summed E-state index contributed by atoms with van der Waals surface area (Å²) in [5.41, 5.74) is 6.88. The van der Waals surface area contributed by atoms with Crippen molar-refractivity contribution in [2.45, 2.75) is 45.3 Å². The van der Waals surface area contributed by atoms with Crippen LogP contribution in [0.25, 0.3) is 11.0 Å². The SMILES string of the molecule is CC(C)(C)OC(=O)N1CCC[C@H]1COc1nc2ccccc2nc1N. The van der Waals surface area contributed by atoms with Crippen molar-refractivity contribution < 1.29 is 14.3 Å². The van der Waals surface area contributed by atoms with E-state index >= 15 is 0 Å². The fourth-order valence-corrected chi connectivity index (χ4v) is 2.85. The molecule has 1 aliphatic rings. The van der Waals surface area contributed by atoms with Crippen molar-refractivity contribution in [1.29, 1.82) is 0 Å². The standard InChI is InChI=1S/C18H24N4O3/c1-18(2,3)25-17(23)22-10-6-7-12(22)11-24-16-15(19)20-13-8-4-5-9-14(13)21-16/h4-5,8-9,12H,6-7,10-11H2,1-3H3,(H2,19,20)/t12-/m0/s1. The van der Waals surface area contributed by atoms with Crippen LogP contribution in [-0.4, -0.2) is 45.8 Å². The van der Waals surface area contributed by atoms with Crippen molar-refractivity contribution in [3.63, 3.8) is 0 Å². The van der Waals surface area contributed by atoms with E-state index in [1.165, 1.54) is 0 Å². The largest absolute Gasteiger partial charge is 0.473 e. The fourth-order valence-electron chi connectivity index (χ4n) is 2.85. The highest BCUT2D eigenvalue weighted by Crippen LogP contribution is 2.24. The number of para-hydroxylation sites is 2. The summed E-state index contributed by atoms with van der Waals surface area (Å²) in [5.74, 6) is 0.551. The molecular formula is C18H24N4O3. The predicted octanol–water partition coefficient (Wildman–Crippen LogP) is 2.99. The number of likely N-dealkylation sites (tertiary alicyclic amines) is 1. The Hall–Kier alpha value is -2.57. The second kappa shape index (κ2) is 6.74. The number of carbonyl (C=O) groups is 1. The molecule has 1 atom stereocenters. The van der Waals surface area contributed by atoms with E-state index in [0.717, 1.165) is 23.9 Å². The molecule has 0 bridgehead atoms. The van der Waals surface area contributed by atoms with Crippen molar-refractivity contribution in [2.75, 3.05) is 18.9 Å². The topological polar surface area (TPSA) is 90.6 Å². The molecule has 1 fully saturated rings. The van der Waals surface area contributed by atoms with Gasteiger partial charge in [0.2, 0.25) is 0 Å². The molecule has 1 aliphatic heterocycles. The first kappa shape index (κ1) is 17.3. The number of rotatable bonds is 3. The lowest BCUT2D eigenvalue weighted by molar-refractivity contribution is 0.0186. The molecule has 3 rings (SSSR count). The van der Waals surface area contributed by atoms with Gasteiger partial charge in [-0.15, -0.1) is 0 Å². The molecule has 2 N–H and O–H groups in total. The van der Waals surface area contributed by atoms with E-state index in [0.29, 0.717) is 19.0 Å². The predicted molar refractivity (Wildman–Crippen MR) is 95.4 cm³/mol. The van der Waals surface area contributed by atoms with Gasteiger partial charge in [0.25, 0.3) is 5.88 Å². The molecule has 1 amide bonds. The molecule has 0 radical (unpaired) electrons. The Morgan fingerprint density at radius 2 is 1.96 bits per heavy atom. The zero-order valence-electron chi connectivity index (χ0n) is 14.9. The summed E-state index contributed by atoms with van der Waals surface area (Å²) < 4.78 is 11.3. The van der Waals surface area contributed by atoms with Gasteiger partial charge in [0.1, 0.15) is 12.2 Å². The molecule has 0 aliphatic carbocycles. The van der Waals surface area contributed by atoms with E-state index in [1.54, 1.807) is 4.90 Å². The van der Waals surface area contributed by atoms with Crippen LogP contribution < -0.4 is 10.5 Å². The van der Waals surface area contributed by atoms with Crippen molar-refractivity contribution in [2.24, 2.45) is 0 Å². The number of benzene rings is 1. The first-order chi connectivity index (χ1) is 11.8. The van der Waals surface area contributed by atoms with Crippen LogP contribution in [0, 0.1) is 0 Å². The summed E-state index contributed by atoms with van der Waals surface area (Å²) in [6.45, 7) is 6.56. The van der Waals surface area contributed by atoms with Gasteiger partial charge in [-0.05, 0) is 45.7 Å². The molecule has 0 saturated carbocycles. The minimum Gasteiger partial charge on any atom is -0.473 e. The maximum absolute atomic E-state index is 12.3. The number of aromatic nitrogens is 2. The Morgan fingerprint density at radius 3 is 2.64 bits per heavy atom. The number of ether oxygens (including phenoxy) is 2. The normalized spacial score (nSPS) is 17.7. The monoisotopic (exact) mass is 344 g/mol. The summed E-state index contributed by atoms with van der Waals surface area (Å²) >= 11 is 0. The third-order valence-corrected chi connectivity index (χ3v) is 3.98. The average Bonchev–Trinajstić information content (AvgIpc) is 3.00. The van der Waals surface area contributed by atoms with Crippen LogP contribution in [0.4, 0.5) is 10.6 Å².